The maximum atomic E-state index is 12.2. The average Bonchev–Trinajstić information content (AvgIpc) is 2.52. The first kappa shape index (κ1) is 12.1. The van der Waals surface area contributed by atoms with Crippen LogP contribution < -0.4 is 11.2 Å². The Morgan fingerprint density at radius 1 is 1.18 bits per heavy atom. The fraction of sp³-hybridized carbons (Fsp3) is 0.500. The first-order chi connectivity index (χ1) is 7.86. The van der Waals surface area contributed by atoms with Crippen molar-refractivity contribution in [3.8, 4) is 0 Å². The van der Waals surface area contributed by atoms with Gasteiger partial charge in [-0.05, 0) is 29.8 Å². The van der Waals surface area contributed by atoms with Gasteiger partial charge in [0.15, 0.2) is 15.9 Å². The number of rotatable bonds is 1. The van der Waals surface area contributed by atoms with Crippen molar-refractivity contribution in [2.24, 2.45) is 14.1 Å². The van der Waals surface area contributed by atoms with Crippen LogP contribution in [0.3, 0.4) is 0 Å². The molecule has 0 aliphatic rings. The second kappa shape index (κ2) is 3.83. The minimum Gasteiger partial charge on any atom is -0.316 e. The van der Waals surface area contributed by atoms with E-state index < -0.39 is 0 Å². The summed E-state index contributed by atoms with van der Waals surface area (Å²) in [4.78, 5) is 28.4. The molecule has 0 aliphatic heterocycles. The maximum Gasteiger partial charge on any atom is 0.332 e. The number of nitrogens with zero attached hydrogens (tertiary/aromatic N) is 4. The molecule has 7 heteroatoms. The maximum absolute atomic E-state index is 12.2. The lowest BCUT2D eigenvalue weighted by Crippen LogP contribution is -2.40. The lowest BCUT2D eigenvalue weighted by Gasteiger charge is -2.11. The molecule has 0 radical (unpaired) electrons. The molecule has 0 aliphatic carbocycles. The number of hydrogen-bond donors (Lipinski definition) is 0. The standard InChI is InChI=1S/C10H13BrN4O2/c1-5(2)15-8(16)6-7(14(4)10(15)17)12-9(11)13(6)3/h5H,1-4H3. The normalized spacial score (nSPS) is 11.6. The zero-order valence-corrected chi connectivity index (χ0v) is 11.6. The molecule has 0 fully saturated rings. The summed E-state index contributed by atoms with van der Waals surface area (Å²) in [5, 5.41) is 0. The van der Waals surface area contributed by atoms with Gasteiger partial charge in [0, 0.05) is 20.1 Å². The summed E-state index contributed by atoms with van der Waals surface area (Å²) in [6, 6.07) is -0.181. The minimum atomic E-state index is -0.344. The molecule has 2 aromatic rings. The van der Waals surface area contributed by atoms with Gasteiger partial charge in [0.25, 0.3) is 5.56 Å². The quantitative estimate of drug-likeness (QED) is 0.731. The van der Waals surface area contributed by atoms with E-state index in [0.717, 1.165) is 0 Å². The molecule has 0 N–H and O–H groups in total. The van der Waals surface area contributed by atoms with Crippen LogP contribution in [0.15, 0.2) is 14.3 Å². The topological polar surface area (TPSA) is 61.8 Å². The van der Waals surface area contributed by atoms with Crippen LogP contribution in [0.2, 0.25) is 0 Å². The summed E-state index contributed by atoms with van der Waals surface area (Å²) < 4.78 is 4.79. The summed E-state index contributed by atoms with van der Waals surface area (Å²) in [6.45, 7) is 3.61. The van der Waals surface area contributed by atoms with Crippen LogP contribution in [0.4, 0.5) is 0 Å². The number of imidazole rings is 1. The second-order valence-corrected chi connectivity index (χ2v) is 4.93. The van der Waals surface area contributed by atoms with E-state index in [-0.39, 0.29) is 17.3 Å². The zero-order chi connectivity index (χ0) is 12.9. The predicted molar refractivity (Wildman–Crippen MR) is 68.3 cm³/mol. The summed E-state index contributed by atoms with van der Waals surface area (Å²) in [7, 11) is 3.35. The van der Waals surface area contributed by atoms with Gasteiger partial charge < -0.3 is 4.57 Å². The number of halogens is 1. The van der Waals surface area contributed by atoms with Gasteiger partial charge in [0.1, 0.15) is 0 Å². The van der Waals surface area contributed by atoms with Crippen LogP contribution in [0, 0.1) is 0 Å². The molecular weight excluding hydrogens is 288 g/mol. The molecule has 2 rings (SSSR count). The van der Waals surface area contributed by atoms with Gasteiger partial charge in [0.2, 0.25) is 0 Å². The van der Waals surface area contributed by atoms with Crippen molar-refractivity contribution in [1.29, 1.82) is 0 Å². The summed E-state index contributed by atoms with van der Waals surface area (Å²) in [6.07, 6.45) is 0. The third-order valence-corrected chi connectivity index (χ3v) is 3.48. The molecule has 17 heavy (non-hydrogen) atoms. The SMILES string of the molecule is CC(C)n1c(=O)c2c(nc(Br)n2C)n(C)c1=O. The summed E-state index contributed by atoms with van der Waals surface area (Å²) in [5.41, 5.74) is 0.167. The Kier molecular flexibility index (Phi) is 2.73. The van der Waals surface area contributed by atoms with Gasteiger partial charge in [-0.1, -0.05) is 0 Å². The molecule has 0 saturated carbocycles. The van der Waals surface area contributed by atoms with Crippen molar-refractivity contribution >= 4 is 27.1 Å². The van der Waals surface area contributed by atoms with E-state index in [1.807, 2.05) is 0 Å². The van der Waals surface area contributed by atoms with Gasteiger partial charge in [-0.25, -0.2) is 9.78 Å². The number of fused-ring (bicyclic) bond motifs is 1. The van der Waals surface area contributed by atoms with Gasteiger partial charge >= 0.3 is 5.69 Å². The number of aryl methyl sites for hydroxylation is 2. The van der Waals surface area contributed by atoms with E-state index in [1.54, 1.807) is 32.5 Å². The van der Waals surface area contributed by atoms with Crippen molar-refractivity contribution in [3.63, 3.8) is 0 Å². The molecule has 0 spiro atoms. The lowest BCUT2D eigenvalue weighted by atomic mass is 10.3. The van der Waals surface area contributed by atoms with Gasteiger partial charge in [0.05, 0.1) is 0 Å². The third-order valence-electron chi connectivity index (χ3n) is 2.77. The highest BCUT2D eigenvalue weighted by Gasteiger charge is 2.18. The molecular formula is C10H13BrN4O2. The van der Waals surface area contributed by atoms with Crippen LogP contribution in [0.5, 0.6) is 0 Å². The average molecular weight is 301 g/mol. The van der Waals surface area contributed by atoms with E-state index in [9.17, 15) is 9.59 Å². The zero-order valence-electron chi connectivity index (χ0n) is 10.1. The van der Waals surface area contributed by atoms with Crippen molar-refractivity contribution in [2.45, 2.75) is 19.9 Å². The molecule has 0 atom stereocenters. The van der Waals surface area contributed by atoms with Crippen molar-refractivity contribution in [3.05, 3.63) is 25.6 Å². The number of aromatic nitrogens is 4. The molecule has 0 unspecified atom stereocenters. The smallest absolute Gasteiger partial charge is 0.316 e. The highest BCUT2D eigenvalue weighted by Crippen LogP contribution is 2.14. The first-order valence-corrected chi connectivity index (χ1v) is 5.99. The van der Waals surface area contributed by atoms with Crippen molar-refractivity contribution < 1.29 is 0 Å². The van der Waals surface area contributed by atoms with E-state index in [0.29, 0.717) is 15.9 Å². The van der Waals surface area contributed by atoms with Crippen LogP contribution in [-0.2, 0) is 14.1 Å². The number of hydrogen-bond acceptors (Lipinski definition) is 3. The van der Waals surface area contributed by atoms with Crippen LogP contribution in [0.25, 0.3) is 11.2 Å². The Balaban J connectivity index is 3.13. The summed E-state index contributed by atoms with van der Waals surface area (Å²) in [5.74, 6) is 0. The van der Waals surface area contributed by atoms with Crippen LogP contribution in [0.1, 0.15) is 19.9 Å². The lowest BCUT2D eigenvalue weighted by molar-refractivity contribution is 0.530. The van der Waals surface area contributed by atoms with E-state index >= 15 is 0 Å². The molecule has 92 valence electrons. The second-order valence-electron chi connectivity index (χ2n) is 4.22. The molecule has 0 amide bonds. The molecule has 2 heterocycles. The molecule has 0 bridgehead atoms. The van der Waals surface area contributed by atoms with Crippen LogP contribution >= 0.6 is 15.9 Å². The predicted octanol–water partition coefficient (Wildman–Crippen LogP) is 0.777. The van der Waals surface area contributed by atoms with Gasteiger partial charge in [-0.15, -0.1) is 0 Å². The van der Waals surface area contributed by atoms with Crippen molar-refractivity contribution in [1.82, 2.24) is 18.7 Å². The van der Waals surface area contributed by atoms with Crippen LogP contribution in [-0.4, -0.2) is 18.7 Å². The Morgan fingerprint density at radius 2 is 1.76 bits per heavy atom. The highest BCUT2D eigenvalue weighted by atomic mass is 79.9. The Bertz CT molecular complexity index is 708. The molecule has 6 nitrogen and oxygen atoms in total. The van der Waals surface area contributed by atoms with E-state index in [1.165, 1.54) is 9.13 Å². The van der Waals surface area contributed by atoms with E-state index in [4.69, 9.17) is 0 Å². The molecule has 2 aromatic heterocycles. The Morgan fingerprint density at radius 3 is 2.29 bits per heavy atom. The third kappa shape index (κ3) is 1.56. The summed E-state index contributed by atoms with van der Waals surface area (Å²) >= 11 is 3.25. The van der Waals surface area contributed by atoms with Gasteiger partial charge in [-0.3, -0.25) is 13.9 Å². The largest absolute Gasteiger partial charge is 0.332 e. The van der Waals surface area contributed by atoms with Gasteiger partial charge in [-0.2, -0.15) is 0 Å². The fourth-order valence-corrected chi connectivity index (χ4v) is 2.18. The fourth-order valence-electron chi connectivity index (χ4n) is 1.84. The minimum absolute atomic E-state index is 0.181. The monoisotopic (exact) mass is 300 g/mol. The Labute approximate surface area is 106 Å². The first-order valence-electron chi connectivity index (χ1n) is 5.19. The van der Waals surface area contributed by atoms with Crippen molar-refractivity contribution in [2.75, 3.05) is 0 Å². The molecule has 0 saturated heterocycles. The van der Waals surface area contributed by atoms with E-state index in [2.05, 4.69) is 20.9 Å². The highest BCUT2D eigenvalue weighted by molar-refractivity contribution is 9.10. The Hall–Kier alpha value is -1.37. The molecule has 0 aromatic carbocycles.